The number of unbranched alkanes of at least 4 members (excludes halogenated alkanes) is 1. The molecular weight excluding hydrogens is 967 g/mol. The van der Waals surface area contributed by atoms with Crippen LogP contribution in [0.3, 0.4) is 0 Å². The van der Waals surface area contributed by atoms with Crippen molar-refractivity contribution in [3.8, 4) is 0 Å². The maximum Gasteiger partial charge on any atom is 0.326 e. The molecule has 0 bridgehead atoms. The number of aliphatic hydroxyl groups is 2. The van der Waals surface area contributed by atoms with E-state index < -0.39 is 195 Å². The van der Waals surface area contributed by atoms with E-state index >= 15 is 0 Å². The van der Waals surface area contributed by atoms with Gasteiger partial charge in [0, 0.05) is 25.0 Å². The van der Waals surface area contributed by atoms with E-state index in [-0.39, 0.29) is 31.6 Å². The van der Waals surface area contributed by atoms with E-state index in [1.54, 1.807) is 0 Å². The van der Waals surface area contributed by atoms with Crippen LogP contribution in [0.5, 0.6) is 0 Å². The number of carbonyl (C=O) groups excluding carboxylic acids is 11. The van der Waals surface area contributed by atoms with E-state index in [2.05, 4.69) is 55.2 Å². The number of aliphatic carboxylic acids is 2. The minimum Gasteiger partial charge on any atom is -0.481 e. The quantitative estimate of drug-likeness (QED) is 0.0205. The van der Waals surface area contributed by atoms with Crippen LogP contribution in [0.4, 0.5) is 0 Å². The second-order valence-electron chi connectivity index (χ2n) is 16.5. The molecule has 0 spiro atoms. The van der Waals surface area contributed by atoms with Crippen molar-refractivity contribution in [1.29, 1.82) is 0 Å². The molecule has 22 N–H and O–H groups in total. The maximum atomic E-state index is 14.0. The summed E-state index contributed by atoms with van der Waals surface area (Å²) in [5.74, 6) is -16.1. The van der Waals surface area contributed by atoms with Crippen molar-refractivity contribution in [3.63, 3.8) is 0 Å². The number of carboxylic acid groups (broad SMARTS) is 2. The van der Waals surface area contributed by atoms with Crippen molar-refractivity contribution >= 4 is 89.5 Å². The molecule has 11 amide bonds. The molecule has 0 saturated heterocycles. The summed E-state index contributed by atoms with van der Waals surface area (Å²) in [4.78, 5) is 166. The number of primary amides is 3. The SMILES string of the molecule is CC(C)[C@H](NC(=O)[C@@H](NC(=O)[C@H](CC(N)=O)NC(=O)[C@H](CCC(N)=O)NC(=O)[C@H](CCCCN)NC(=O)[C@H](CCC(=O)O)NC(=O)[C@H](CCC(N)=O)NC(=O)[C@H](CS)NC(=O)[C@@H](N)CO)[C@@H](C)O)C(=O)O. The topological polar surface area (TPSA) is 529 Å². The molecule has 0 fully saturated rings. The summed E-state index contributed by atoms with van der Waals surface area (Å²) in [5.41, 5.74) is 27.0. The van der Waals surface area contributed by atoms with Crippen molar-refractivity contribution in [1.82, 2.24) is 42.5 Å². The minimum atomic E-state index is -1.93. The van der Waals surface area contributed by atoms with E-state index in [1.807, 2.05) is 0 Å². The molecule has 0 aliphatic rings. The predicted molar refractivity (Wildman–Crippen MR) is 249 cm³/mol. The zero-order valence-electron chi connectivity index (χ0n) is 39.5. The monoisotopic (exact) mass is 1040 g/mol. The van der Waals surface area contributed by atoms with Crippen LogP contribution in [0, 0.1) is 5.92 Å². The van der Waals surface area contributed by atoms with E-state index in [1.165, 1.54) is 13.8 Å². The Balaban J connectivity index is 6.82. The van der Waals surface area contributed by atoms with Gasteiger partial charge in [0.2, 0.25) is 65.0 Å². The summed E-state index contributed by atoms with van der Waals surface area (Å²) in [6, 6.07) is -15.0. The highest BCUT2D eigenvalue weighted by Gasteiger charge is 2.37. The Bertz CT molecular complexity index is 1910. The molecule has 0 aromatic carbocycles. The van der Waals surface area contributed by atoms with Crippen LogP contribution >= 0.6 is 12.6 Å². The first-order chi connectivity index (χ1) is 33.1. The lowest BCUT2D eigenvalue weighted by molar-refractivity contribution is -0.144. The van der Waals surface area contributed by atoms with Crippen molar-refractivity contribution in [2.24, 2.45) is 34.6 Å². The standard InChI is InChI=1S/C40H69N13O17S/c1-17(2)30(40(69)70)52-39(68)31(18(3)55)53-37(66)24(14-28(45)58)50-36(65)22(8-11-27(44)57)47-33(62)20(6-4-5-13-41)46-35(64)23(9-12-29(59)60)48-34(63)21(7-10-26(43)56)49-38(67)25(16-71)51-32(61)19(42)15-54/h17-25,30-31,54-55,71H,4-16,41-42H2,1-3H3,(H2,43,56)(H2,44,57)(H2,45,58)(H,46,64)(H,47,62)(H,48,63)(H,49,67)(H,50,65)(H,51,61)(H,52,68)(H,53,66)(H,59,60)(H,69,70)/t18-,19+,20+,21+,22+,23+,24+,25+,30+,31+/m1/s1. The van der Waals surface area contributed by atoms with E-state index in [0.29, 0.717) is 0 Å². The fourth-order valence-corrected chi connectivity index (χ4v) is 6.41. The van der Waals surface area contributed by atoms with Crippen LogP contribution < -0.4 is 71.2 Å². The second-order valence-corrected chi connectivity index (χ2v) is 16.9. The molecule has 30 nitrogen and oxygen atoms in total. The number of nitrogens with one attached hydrogen (secondary N) is 8. The van der Waals surface area contributed by atoms with Gasteiger partial charge in [0.25, 0.3) is 0 Å². The summed E-state index contributed by atoms with van der Waals surface area (Å²) >= 11 is 4.01. The van der Waals surface area contributed by atoms with E-state index in [0.717, 1.165) is 6.92 Å². The lowest BCUT2D eigenvalue weighted by Gasteiger charge is -2.28. The summed E-state index contributed by atoms with van der Waals surface area (Å²) in [5, 5.41) is 56.4. The fraction of sp³-hybridized carbons (Fsp3) is 0.675. The Morgan fingerprint density at radius 1 is 0.493 bits per heavy atom. The third-order valence-electron chi connectivity index (χ3n) is 10.2. The minimum absolute atomic E-state index is 0.104. The number of carboxylic acids is 2. The van der Waals surface area contributed by atoms with Gasteiger partial charge in [0.1, 0.15) is 54.4 Å². The Morgan fingerprint density at radius 3 is 1.23 bits per heavy atom. The average Bonchev–Trinajstić information content (AvgIpc) is 3.28. The molecule has 402 valence electrons. The zero-order chi connectivity index (χ0) is 54.7. The largest absolute Gasteiger partial charge is 0.481 e. The van der Waals surface area contributed by atoms with Crippen LogP contribution in [0.1, 0.15) is 85.0 Å². The summed E-state index contributed by atoms with van der Waals surface area (Å²) in [6.45, 7) is 3.34. The Labute approximate surface area is 413 Å². The van der Waals surface area contributed by atoms with Crippen molar-refractivity contribution < 1.29 is 82.8 Å². The third-order valence-corrected chi connectivity index (χ3v) is 10.5. The number of hydrogen-bond donors (Lipinski definition) is 18. The van der Waals surface area contributed by atoms with Crippen LogP contribution in [-0.4, -0.2) is 177 Å². The molecule has 0 aliphatic heterocycles. The molecule has 71 heavy (non-hydrogen) atoms. The molecule has 0 aliphatic carbocycles. The normalized spacial score (nSPS) is 15.2. The highest BCUT2D eigenvalue weighted by molar-refractivity contribution is 7.80. The van der Waals surface area contributed by atoms with Crippen molar-refractivity contribution in [2.75, 3.05) is 18.9 Å². The predicted octanol–water partition coefficient (Wildman–Crippen LogP) is -8.36. The smallest absolute Gasteiger partial charge is 0.326 e. The second kappa shape index (κ2) is 33.0. The molecule has 0 radical (unpaired) electrons. The maximum absolute atomic E-state index is 14.0. The molecule has 0 heterocycles. The first-order valence-electron chi connectivity index (χ1n) is 22.2. The lowest BCUT2D eigenvalue weighted by atomic mass is 10.0. The van der Waals surface area contributed by atoms with Gasteiger partial charge in [-0.1, -0.05) is 13.8 Å². The first kappa shape index (κ1) is 64.3. The third kappa shape index (κ3) is 25.1. The average molecular weight is 1040 g/mol. The van der Waals surface area contributed by atoms with Crippen LogP contribution in [-0.2, 0) is 62.3 Å². The molecule has 10 atom stereocenters. The highest BCUT2D eigenvalue weighted by Crippen LogP contribution is 2.10. The fourth-order valence-electron chi connectivity index (χ4n) is 6.15. The number of carbonyl (C=O) groups is 13. The molecule has 0 saturated carbocycles. The molecule has 0 aromatic rings. The van der Waals surface area contributed by atoms with Gasteiger partial charge >= 0.3 is 11.9 Å². The summed E-state index contributed by atoms with van der Waals surface area (Å²) in [7, 11) is 0. The van der Waals surface area contributed by atoms with Gasteiger partial charge in [-0.15, -0.1) is 0 Å². The molecule has 0 unspecified atom stereocenters. The van der Waals surface area contributed by atoms with Gasteiger partial charge in [0.15, 0.2) is 0 Å². The Kier molecular flexibility index (Phi) is 29.9. The zero-order valence-corrected chi connectivity index (χ0v) is 40.4. The van der Waals surface area contributed by atoms with Crippen molar-refractivity contribution in [3.05, 3.63) is 0 Å². The van der Waals surface area contributed by atoms with Gasteiger partial charge in [-0.3, -0.25) is 57.5 Å². The van der Waals surface area contributed by atoms with Gasteiger partial charge in [-0.2, -0.15) is 12.6 Å². The summed E-state index contributed by atoms with van der Waals surface area (Å²) in [6.07, 6.45) is -5.93. The van der Waals surface area contributed by atoms with Crippen LogP contribution in [0.2, 0.25) is 0 Å². The number of amides is 11. The molecular formula is C40H69N13O17S. The number of hydrogen-bond acceptors (Lipinski definition) is 18. The molecule has 0 rings (SSSR count). The van der Waals surface area contributed by atoms with Gasteiger partial charge in [-0.25, -0.2) is 4.79 Å². The number of nitrogens with two attached hydrogens (primary N) is 5. The van der Waals surface area contributed by atoms with Gasteiger partial charge in [-0.05, 0) is 57.9 Å². The molecule has 31 heteroatoms. The van der Waals surface area contributed by atoms with Gasteiger partial charge in [0.05, 0.1) is 19.1 Å². The highest BCUT2D eigenvalue weighted by atomic mass is 32.1. The number of rotatable bonds is 36. The molecule has 0 aromatic heterocycles. The van der Waals surface area contributed by atoms with E-state index in [9.17, 15) is 82.8 Å². The van der Waals surface area contributed by atoms with E-state index in [4.69, 9.17) is 28.7 Å². The Hall–Kier alpha value is -6.70. The number of thiol groups is 1. The number of aliphatic hydroxyl groups excluding tert-OH is 2. The Morgan fingerprint density at radius 2 is 0.873 bits per heavy atom. The van der Waals surface area contributed by atoms with Crippen LogP contribution in [0.25, 0.3) is 0 Å². The first-order valence-corrected chi connectivity index (χ1v) is 22.8. The van der Waals surface area contributed by atoms with Gasteiger partial charge < -0.3 is 91.6 Å². The van der Waals surface area contributed by atoms with Crippen molar-refractivity contribution in [2.45, 2.75) is 145 Å². The lowest BCUT2D eigenvalue weighted by Crippen LogP contribution is -2.62. The summed E-state index contributed by atoms with van der Waals surface area (Å²) < 4.78 is 0. The van der Waals surface area contributed by atoms with Crippen LogP contribution in [0.15, 0.2) is 0 Å².